The molecule has 1 fully saturated rings. The van der Waals surface area contributed by atoms with Crippen LogP contribution in [0.5, 0.6) is 0 Å². The quantitative estimate of drug-likeness (QED) is 0.867. The molecule has 110 valence electrons. The van der Waals surface area contributed by atoms with Crippen molar-refractivity contribution in [1.29, 1.82) is 0 Å². The van der Waals surface area contributed by atoms with Crippen molar-refractivity contribution in [2.45, 2.75) is 44.9 Å². The first kappa shape index (κ1) is 15.0. The molecule has 1 aromatic carbocycles. The maximum atomic E-state index is 12.7. The summed E-state index contributed by atoms with van der Waals surface area (Å²) in [5.74, 6) is 0.152. The third-order valence-electron chi connectivity index (χ3n) is 3.77. The topological polar surface area (TPSA) is 41.6 Å². The van der Waals surface area contributed by atoms with E-state index in [-0.39, 0.29) is 24.2 Å². The predicted octanol–water partition coefficient (Wildman–Crippen LogP) is 2.32. The largest absolute Gasteiger partial charge is 0.383 e. The van der Waals surface area contributed by atoms with Gasteiger partial charge in [-0.1, -0.05) is 43.7 Å². The Morgan fingerprint density at radius 2 is 2.05 bits per heavy atom. The number of nitrogens with zero attached hydrogens (tertiary/aromatic N) is 1. The third-order valence-corrected chi connectivity index (χ3v) is 3.77. The van der Waals surface area contributed by atoms with Gasteiger partial charge in [-0.05, 0) is 18.9 Å². The van der Waals surface area contributed by atoms with E-state index < -0.39 is 0 Å². The first-order chi connectivity index (χ1) is 9.69. The second-order valence-electron chi connectivity index (χ2n) is 5.36. The molecule has 0 spiro atoms. The van der Waals surface area contributed by atoms with Crippen molar-refractivity contribution in [3.63, 3.8) is 0 Å². The fourth-order valence-corrected chi connectivity index (χ4v) is 2.87. The summed E-state index contributed by atoms with van der Waals surface area (Å²) in [5, 5.41) is 3.47. The summed E-state index contributed by atoms with van der Waals surface area (Å²) in [7, 11) is 1.67. The molecule has 20 heavy (non-hydrogen) atoms. The normalized spacial score (nSPS) is 24.1. The van der Waals surface area contributed by atoms with E-state index in [9.17, 15) is 4.79 Å². The monoisotopic (exact) mass is 276 g/mol. The van der Waals surface area contributed by atoms with E-state index in [1.165, 1.54) is 0 Å². The second kappa shape index (κ2) is 6.86. The van der Waals surface area contributed by atoms with Crippen LogP contribution in [0, 0.1) is 0 Å². The molecule has 0 saturated carbocycles. The summed E-state index contributed by atoms with van der Waals surface area (Å²) in [5.41, 5.74) is 1.03. The first-order valence-corrected chi connectivity index (χ1v) is 7.31. The number of carbonyl (C=O) groups excluding carboxylic acids is 1. The molecule has 0 aliphatic carbocycles. The van der Waals surface area contributed by atoms with Crippen LogP contribution in [0.15, 0.2) is 30.3 Å². The number of carbonyl (C=O) groups is 1. The minimum atomic E-state index is -0.230. The van der Waals surface area contributed by atoms with Crippen molar-refractivity contribution in [3.05, 3.63) is 35.9 Å². The summed E-state index contributed by atoms with van der Waals surface area (Å²) < 4.78 is 5.21. The summed E-state index contributed by atoms with van der Waals surface area (Å²) >= 11 is 0. The third kappa shape index (κ3) is 3.02. The Morgan fingerprint density at radius 1 is 1.35 bits per heavy atom. The van der Waals surface area contributed by atoms with Crippen LogP contribution < -0.4 is 5.32 Å². The van der Waals surface area contributed by atoms with Crippen molar-refractivity contribution >= 4 is 5.91 Å². The van der Waals surface area contributed by atoms with Gasteiger partial charge in [0.15, 0.2) is 0 Å². The maximum Gasteiger partial charge on any atom is 0.245 e. The lowest BCUT2D eigenvalue weighted by Crippen LogP contribution is -2.45. The van der Waals surface area contributed by atoms with E-state index in [2.05, 4.69) is 12.2 Å². The number of ether oxygens (including phenoxy) is 1. The average Bonchev–Trinajstić information content (AvgIpc) is 2.77. The molecule has 2 rings (SSSR count). The molecule has 3 atom stereocenters. The van der Waals surface area contributed by atoms with Gasteiger partial charge in [0.25, 0.3) is 0 Å². The highest BCUT2D eigenvalue weighted by Gasteiger charge is 2.41. The van der Waals surface area contributed by atoms with E-state index >= 15 is 0 Å². The van der Waals surface area contributed by atoms with Crippen LogP contribution in [0.2, 0.25) is 0 Å². The SMILES string of the molecule is CCCC1NC(c2ccccc2)C(=O)N1C(C)COC. The van der Waals surface area contributed by atoms with Gasteiger partial charge in [0.1, 0.15) is 6.04 Å². The molecule has 0 bridgehead atoms. The van der Waals surface area contributed by atoms with Crippen LogP contribution in [0.25, 0.3) is 0 Å². The molecule has 1 aromatic rings. The minimum Gasteiger partial charge on any atom is -0.383 e. The van der Waals surface area contributed by atoms with Gasteiger partial charge in [-0.25, -0.2) is 0 Å². The van der Waals surface area contributed by atoms with Gasteiger partial charge in [-0.3, -0.25) is 10.1 Å². The Kier molecular flexibility index (Phi) is 5.15. The number of hydrogen-bond donors (Lipinski definition) is 1. The van der Waals surface area contributed by atoms with Gasteiger partial charge in [-0.15, -0.1) is 0 Å². The zero-order valence-corrected chi connectivity index (χ0v) is 12.5. The van der Waals surface area contributed by atoms with Crippen molar-refractivity contribution in [3.8, 4) is 0 Å². The Morgan fingerprint density at radius 3 is 2.65 bits per heavy atom. The van der Waals surface area contributed by atoms with E-state index in [1.807, 2.05) is 42.2 Å². The Labute approximate surface area is 121 Å². The molecule has 0 radical (unpaired) electrons. The van der Waals surface area contributed by atoms with Crippen LogP contribution in [-0.4, -0.2) is 36.7 Å². The first-order valence-electron chi connectivity index (χ1n) is 7.31. The molecule has 0 aromatic heterocycles. The van der Waals surface area contributed by atoms with Gasteiger partial charge in [0.05, 0.1) is 18.8 Å². The van der Waals surface area contributed by atoms with Gasteiger partial charge >= 0.3 is 0 Å². The van der Waals surface area contributed by atoms with E-state index in [0.29, 0.717) is 6.61 Å². The Bertz CT molecular complexity index is 435. The molecule has 1 aliphatic heterocycles. The van der Waals surface area contributed by atoms with Crippen molar-refractivity contribution in [1.82, 2.24) is 10.2 Å². The van der Waals surface area contributed by atoms with Gasteiger partial charge < -0.3 is 9.64 Å². The van der Waals surface area contributed by atoms with Crippen LogP contribution in [0.1, 0.15) is 38.3 Å². The summed E-state index contributed by atoms with van der Waals surface area (Å²) in [6.45, 7) is 4.75. The highest BCUT2D eigenvalue weighted by atomic mass is 16.5. The highest BCUT2D eigenvalue weighted by Crippen LogP contribution is 2.27. The number of methoxy groups -OCH3 is 1. The van der Waals surface area contributed by atoms with Crippen LogP contribution in [0.4, 0.5) is 0 Å². The molecule has 1 N–H and O–H groups in total. The van der Waals surface area contributed by atoms with Gasteiger partial charge in [-0.2, -0.15) is 0 Å². The molecule has 4 heteroatoms. The fraction of sp³-hybridized carbons (Fsp3) is 0.562. The average molecular weight is 276 g/mol. The number of rotatable bonds is 6. The predicted molar refractivity (Wildman–Crippen MR) is 79.2 cm³/mol. The number of nitrogens with one attached hydrogen (secondary N) is 1. The zero-order chi connectivity index (χ0) is 14.5. The second-order valence-corrected chi connectivity index (χ2v) is 5.36. The molecular weight excluding hydrogens is 252 g/mol. The molecular formula is C16H24N2O2. The highest BCUT2D eigenvalue weighted by molar-refractivity contribution is 5.86. The van der Waals surface area contributed by atoms with E-state index in [1.54, 1.807) is 7.11 Å². The molecule has 4 nitrogen and oxygen atoms in total. The summed E-state index contributed by atoms with van der Waals surface area (Å²) in [6.07, 6.45) is 2.11. The Balaban J connectivity index is 2.20. The zero-order valence-electron chi connectivity index (χ0n) is 12.5. The van der Waals surface area contributed by atoms with Crippen molar-refractivity contribution < 1.29 is 9.53 Å². The minimum absolute atomic E-state index is 0.0882. The van der Waals surface area contributed by atoms with Crippen LogP contribution in [-0.2, 0) is 9.53 Å². The van der Waals surface area contributed by atoms with Gasteiger partial charge in [0, 0.05) is 7.11 Å². The summed E-state index contributed by atoms with van der Waals surface area (Å²) in [6, 6.07) is 9.78. The fourth-order valence-electron chi connectivity index (χ4n) is 2.87. The molecule has 1 saturated heterocycles. The molecule has 3 unspecified atom stereocenters. The summed E-state index contributed by atoms with van der Waals surface area (Å²) in [4.78, 5) is 14.7. The number of hydrogen-bond acceptors (Lipinski definition) is 3. The molecule has 1 heterocycles. The van der Waals surface area contributed by atoms with Crippen LogP contribution >= 0.6 is 0 Å². The molecule has 1 aliphatic rings. The molecule has 1 amide bonds. The number of amides is 1. The van der Waals surface area contributed by atoms with E-state index in [0.717, 1.165) is 18.4 Å². The Hall–Kier alpha value is -1.39. The van der Waals surface area contributed by atoms with E-state index in [4.69, 9.17) is 4.74 Å². The van der Waals surface area contributed by atoms with Crippen LogP contribution in [0.3, 0.4) is 0 Å². The van der Waals surface area contributed by atoms with Crippen molar-refractivity contribution in [2.24, 2.45) is 0 Å². The van der Waals surface area contributed by atoms with Crippen molar-refractivity contribution in [2.75, 3.05) is 13.7 Å². The lowest BCUT2D eigenvalue weighted by atomic mass is 10.1. The smallest absolute Gasteiger partial charge is 0.245 e. The lowest BCUT2D eigenvalue weighted by Gasteiger charge is -2.29. The lowest BCUT2D eigenvalue weighted by molar-refractivity contribution is -0.133. The van der Waals surface area contributed by atoms with Gasteiger partial charge in [0.2, 0.25) is 5.91 Å². The standard InChI is InChI=1S/C16H24N2O2/c1-4-8-14-17-15(13-9-6-5-7-10-13)16(19)18(14)12(2)11-20-3/h5-7,9-10,12,14-15,17H,4,8,11H2,1-3H3. The maximum absolute atomic E-state index is 12.7. The number of benzene rings is 1.